The van der Waals surface area contributed by atoms with Crippen molar-refractivity contribution in [2.24, 2.45) is 0 Å². The largest absolute Gasteiger partial charge is 0.368 e. The van der Waals surface area contributed by atoms with Gasteiger partial charge in [-0.15, -0.1) is 0 Å². The lowest BCUT2D eigenvalue weighted by Crippen LogP contribution is -2.24. The van der Waals surface area contributed by atoms with Crippen LogP contribution in [0.4, 0.5) is 5.69 Å². The summed E-state index contributed by atoms with van der Waals surface area (Å²) in [6, 6.07) is 0. The van der Waals surface area contributed by atoms with Crippen LogP contribution < -0.4 is 4.90 Å². The highest BCUT2D eigenvalue weighted by Crippen LogP contribution is 2.13. The number of unbranched alkanes of at least 4 members (excludes halogenated alkanes) is 1. The van der Waals surface area contributed by atoms with Crippen molar-refractivity contribution in [3.05, 3.63) is 12.5 Å². The third-order valence-corrected chi connectivity index (χ3v) is 2.06. The normalized spacial score (nSPS) is 10.3. The SMILES string of the molecule is CCCCN(CCC)c1cnoc1. The Morgan fingerprint density at radius 3 is 2.69 bits per heavy atom. The summed E-state index contributed by atoms with van der Waals surface area (Å²) < 4.78 is 4.83. The van der Waals surface area contributed by atoms with E-state index >= 15 is 0 Å². The van der Waals surface area contributed by atoms with E-state index in [1.165, 1.54) is 12.8 Å². The van der Waals surface area contributed by atoms with E-state index in [2.05, 4.69) is 23.9 Å². The molecule has 3 nitrogen and oxygen atoms in total. The molecule has 0 radical (unpaired) electrons. The Labute approximate surface area is 79.7 Å². The van der Waals surface area contributed by atoms with E-state index in [1.54, 1.807) is 12.5 Å². The molecule has 0 N–H and O–H groups in total. The van der Waals surface area contributed by atoms with Crippen molar-refractivity contribution >= 4 is 5.69 Å². The van der Waals surface area contributed by atoms with Gasteiger partial charge in [0.1, 0.15) is 6.26 Å². The van der Waals surface area contributed by atoms with E-state index in [0.717, 1.165) is 25.2 Å². The average Bonchev–Trinajstić information content (AvgIpc) is 2.65. The summed E-state index contributed by atoms with van der Waals surface area (Å²) in [6.45, 7) is 6.58. The maximum Gasteiger partial charge on any atom is 0.147 e. The molecule has 0 aliphatic carbocycles. The highest BCUT2D eigenvalue weighted by Gasteiger charge is 2.05. The molecule has 0 aliphatic rings. The molecule has 0 saturated carbocycles. The van der Waals surface area contributed by atoms with Crippen molar-refractivity contribution < 1.29 is 4.52 Å². The van der Waals surface area contributed by atoms with E-state index < -0.39 is 0 Å². The molecule has 0 saturated heterocycles. The Balaban J connectivity index is 2.47. The van der Waals surface area contributed by atoms with Gasteiger partial charge in [-0.25, -0.2) is 0 Å². The lowest BCUT2D eigenvalue weighted by molar-refractivity contribution is 0.419. The van der Waals surface area contributed by atoms with Gasteiger partial charge in [0.25, 0.3) is 0 Å². The fourth-order valence-corrected chi connectivity index (χ4v) is 1.34. The second kappa shape index (κ2) is 5.62. The summed E-state index contributed by atoms with van der Waals surface area (Å²) in [5.74, 6) is 0. The summed E-state index contributed by atoms with van der Waals surface area (Å²) in [4.78, 5) is 2.32. The molecule has 3 heteroatoms. The second-order valence-corrected chi connectivity index (χ2v) is 3.22. The molecule has 0 spiro atoms. The molecule has 0 aromatic carbocycles. The van der Waals surface area contributed by atoms with E-state index in [4.69, 9.17) is 4.52 Å². The molecule has 0 bridgehead atoms. The van der Waals surface area contributed by atoms with Crippen LogP contribution in [0.3, 0.4) is 0 Å². The number of aromatic nitrogens is 1. The first-order chi connectivity index (χ1) is 6.38. The molecular weight excluding hydrogens is 164 g/mol. The third kappa shape index (κ3) is 3.09. The van der Waals surface area contributed by atoms with Gasteiger partial charge < -0.3 is 9.42 Å². The molecule has 0 unspecified atom stereocenters. The number of hydrogen-bond donors (Lipinski definition) is 0. The zero-order chi connectivity index (χ0) is 9.52. The summed E-state index contributed by atoms with van der Waals surface area (Å²) in [5, 5.41) is 3.72. The fourth-order valence-electron chi connectivity index (χ4n) is 1.34. The Morgan fingerprint density at radius 1 is 1.31 bits per heavy atom. The van der Waals surface area contributed by atoms with E-state index in [-0.39, 0.29) is 0 Å². The second-order valence-electron chi connectivity index (χ2n) is 3.22. The predicted molar refractivity (Wildman–Crippen MR) is 53.9 cm³/mol. The van der Waals surface area contributed by atoms with Crippen LogP contribution in [0, 0.1) is 0 Å². The van der Waals surface area contributed by atoms with Crippen molar-refractivity contribution in [2.75, 3.05) is 18.0 Å². The molecule has 1 aromatic heterocycles. The predicted octanol–water partition coefficient (Wildman–Crippen LogP) is 2.69. The van der Waals surface area contributed by atoms with E-state index in [1.807, 2.05) is 0 Å². The standard InChI is InChI=1S/C10H18N2O/c1-3-5-7-12(6-4-2)10-8-11-13-9-10/h8-9H,3-7H2,1-2H3. The minimum atomic E-state index is 1.08. The first kappa shape index (κ1) is 10.1. The van der Waals surface area contributed by atoms with Gasteiger partial charge in [-0.3, -0.25) is 0 Å². The van der Waals surface area contributed by atoms with Crippen molar-refractivity contribution in [1.29, 1.82) is 0 Å². The van der Waals surface area contributed by atoms with Crippen LogP contribution in [-0.2, 0) is 0 Å². The Kier molecular flexibility index (Phi) is 4.36. The number of anilines is 1. The first-order valence-corrected chi connectivity index (χ1v) is 5.02. The van der Waals surface area contributed by atoms with Crippen LogP contribution in [0.1, 0.15) is 33.1 Å². The third-order valence-electron chi connectivity index (χ3n) is 2.06. The van der Waals surface area contributed by atoms with Gasteiger partial charge in [0.15, 0.2) is 0 Å². The van der Waals surface area contributed by atoms with Gasteiger partial charge in [-0.05, 0) is 12.8 Å². The van der Waals surface area contributed by atoms with Crippen LogP contribution >= 0.6 is 0 Å². The highest BCUT2D eigenvalue weighted by molar-refractivity contribution is 5.40. The monoisotopic (exact) mass is 182 g/mol. The minimum Gasteiger partial charge on any atom is -0.368 e. The molecule has 0 fully saturated rings. The first-order valence-electron chi connectivity index (χ1n) is 5.02. The van der Waals surface area contributed by atoms with Gasteiger partial charge in [-0.1, -0.05) is 25.4 Å². The summed E-state index contributed by atoms with van der Waals surface area (Å²) >= 11 is 0. The Hall–Kier alpha value is -0.990. The van der Waals surface area contributed by atoms with E-state index in [9.17, 15) is 0 Å². The molecule has 74 valence electrons. The van der Waals surface area contributed by atoms with Gasteiger partial charge >= 0.3 is 0 Å². The van der Waals surface area contributed by atoms with Crippen molar-refractivity contribution in [3.63, 3.8) is 0 Å². The van der Waals surface area contributed by atoms with Gasteiger partial charge in [0.2, 0.25) is 0 Å². The maximum atomic E-state index is 4.83. The maximum absolute atomic E-state index is 4.83. The van der Waals surface area contributed by atoms with E-state index in [0.29, 0.717) is 0 Å². The van der Waals surface area contributed by atoms with Crippen LogP contribution in [-0.4, -0.2) is 18.2 Å². The van der Waals surface area contributed by atoms with Crippen LogP contribution in [0.2, 0.25) is 0 Å². The van der Waals surface area contributed by atoms with Crippen LogP contribution in [0.25, 0.3) is 0 Å². The van der Waals surface area contributed by atoms with Gasteiger partial charge in [0, 0.05) is 13.1 Å². The molecule has 0 amide bonds. The molecule has 1 aromatic rings. The quantitative estimate of drug-likeness (QED) is 0.677. The topological polar surface area (TPSA) is 29.3 Å². The van der Waals surface area contributed by atoms with Crippen LogP contribution in [0.5, 0.6) is 0 Å². The smallest absolute Gasteiger partial charge is 0.147 e. The zero-order valence-electron chi connectivity index (χ0n) is 8.49. The average molecular weight is 182 g/mol. The fraction of sp³-hybridized carbons (Fsp3) is 0.700. The molecule has 1 heterocycles. The molecule has 0 aliphatic heterocycles. The molecule has 0 atom stereocenters. The van der Waals surface area contributed by atoms with Crippen molar-refractivity contribution in [2.45, 2.75) is 33.1 Å². The minimum absolute atomic E-state index is 1.08. The molecule has 13 heavy (non-hydrogen) atoms. The lowest BCUT2D eigenvalue weighted by atomic mass is 10.3. The highest BCUT2D eigenvalue weighted by atomic mass is 16.5. The van der Waals surface area contributed by atoms with Crippen LogP contribution in [0.15, 0.2) is 17.0 Å². The number of hydrogen-bond acceptors (Lipinski definition) is 3. The zero-order valence-corrected chi connectivity index (χ0v) is 8.49. The molecule has 1 rings (SSSR count). The summed E-state index contributed by atoms with van der Waals surface area (Å²) in [6.07, 6.45) is 7.11. The number of rotatable bonds is 6. The number of nitrogens with zero attached hydrogens (tertiary/aromatic N) is 2. The van der Waals surface area contributed by atoms with Crippen molar-refractivity contribution in [3.8, 4) is 0 Å². The van der Waals surface area contributed by atoms with Crippen molar-refractivity contribution in [1.82, 2.24) is 5.16 Å². The molecular formula is C10H18N2O. The van der Waals surface area contributed by atoms with Gasteiger partial charge in [-0.2, -0.15) is 0 Å². The summed E-state index contributed by atoms with van der Waals surface area (Å²) in [7, 11) is 0. The lowest BCUT2D eigenvalue weighted by Gasteiger charge is -2.21. The van der Waals surface area contributed by atoms with Gasteiger partial charge in [0.05, 0.1) is 11.9 Å². The Bertz CT molecular complexity index is 209. The summed E-state index contributed by atoms with van der Waals surface area (Å²) in [5.41, 5.74) is 1.11. The Morgan fingerprint density at radius 2 is 2.15 bits per heavy atom.